The normalized spacial score (nSPS) is 10.1. The first-order chi connectivity index (χ1) is 10.2. The summed E-state index contributed by atoms with van der Waals surface area (Å²) in [4.78, 5) is 2.12. The zero-order valence-corrected chi connectivity index (χ0v) is 12.6. The smallest absolute Gasteiger partial charge is 0.101 e. The van der Waals surface area contributed by atoms with Gasteiger partial charge in [0, 0.05) is 20.1 Å². The first-order valence-corrected chi connectivity index (χ1v) is 7.23. The summed E-state index contributed by atoms with van der Waals surface area (Å²) in [6.07, 6.45) is 0. The van der Waals surface area contributed by atoms with Gasteiger partial charge < -0.3 is 10.2 Å². The molecule has 0 radical (unpaired) electrons. The third-order valence-electron chi connectivity index (χ3n) is 3.43. The quantitative estimate of drug-likeness (QED) is 0.881. The summed E-state index contributed by atoms with van der Waals surface area (Å²) in [5.41, 5.74) is 4.08. The molecule has 21 heavy (non-hydrogen) atoms. The number of rotatable bonds is 6. The molecule has 3 nitrogen and oxygen atoms in total. The van der Waals surface area contributed by atoms with E-state index < -0.39 is 0 Å². The first-order valence-electron chi connectivity index (χ1n) is 7.23. The molecule has 2 aromatic carbocycles. The molecule has 1 N–H and O–H groups in total. The molecule has 0 fully saturated rings. The number of hydrogen-bond acceptors (Lipinski definition) is 3. The molecule has 2 rings (SSSR count). The van der Waals surface area contributed by atoms with Crippen molar-refractivity contribution in [3.05, 3.63) is 65.2 Å². The highest BCUT2D eigenvalue weighted by Gasteiger charge is 2.09. The zero-order chi connectivity index (χ0) is 15.1. The van der Waals surface area contributed by atoms with Gasteiger partial charge in [-0.25, -0.2) is 0 Å². The van der Waals surface area contributed by atoms with Crippen LogP contribution in [0, 0.1) is 11.3 Å². The minimum absolute atomic E-state index is 0.726. The van der Waals surface area contributed by atoms with Crippen LogP contribution in [0.3, 0.4) is 0 Å². The van der Waals surface area contributed by atoms with E-state index in [1.165, 1.54) is 5.56 Å². The number of anilines is 1. The summed E-state index contributed by atoms with van der Waals surface area (Å²) in [6, 6.07) is 18.7. The van der Waals surface area contributed by atoms with Crippen LogP contribution in [-0.4, -0.2) is 13.6 Å². The van der Waals surface area contributed by atoms with Gasteiger partial charge in [0.2, 0.25) is 0 Å². The first kappa shape index (κ1) is 15.1. The van der Waals surface area contributed by atoms with E-state index in [-0.39, 0.29) is 0 Å². The molecule has 0 bridgehead atoms. The molecule has 108 valence electrons. The molecule has 0 atom stereocenters. The van der Waals surface area contributed by atoms with Gasteiger partial charge in [0.05, 0.1) is 11.3 Å². The van der Waals surface area contributed by atoms with Crippen molar-refractivity contribution in [2.75, 3.05) is 18.5 Å². The molecule has 0 aliphatic rings. The Morgan fingerprint density at radius 3 is 2.52 bits per heavy atom. The van der Waals surface area contributed by atoms with Crippen molar-refractivity contribution >= 4 is 5.69 Å². The van der Waals surface area contributed by atoms with Crippen molar-refractivity contribution in [1.29, 1.82) is 5.26 Å². The van der Waals surface area contributed by atoms with Crippen molar-refractivity contribution in [1.82, 2.24) is 5.32 Å². The molecule has 2 aromatic rings. The highest BCUT2D eigenvalue weighted by atomic mass is 15.1. The zero-order valence-electron chi connectivity index (χ0n) is 12.6. The summed E-state index contributed by atoms with van der Waals surface area (Å²) in [6.45, 7) is 4.60. The molecule has 0 unspecified atom stereocenters. The van der Waals surface area contributed by atoms with Crippen LogP contribution in [0.4, 0.5) is 5.69 Å². The maximum Gasteiger partial charge on any atom is 0.101 e. The standard InChI is InChI=1S/C18H21N3/c1-3-20-13-16-9-10-18(17(11-16)12-19)21(2)14-15-7-5-4-6-8-15/h4-11,20H,3,13-14H2,1-2H3. The van der Waals surface area contributed by atoms with Crippen molar-refractivity contribution in [3.63, 3.8) is 0 Å². The number of nitriles is 1. The summed E-state index contributed by atoms with van der Waals surface area (Å²) < 4.78 is 0. The molecule has 0 heterocycles. The second-order valence-corrected chi connectivity index (χ2v) is 5.09. The maximum absolute atomic E-state index is 9.39. The molecular formula is C18H21N3. The van der Waals surface area contributed by atoms with Gasteiger partial charge in [-0.2, -0.15) is 5.26 Å². The number of nitrogens with zero attached hydrogens (tertiary/aromatic N) is 2. The number of benzene rings is 2. The fourth-order valence-electron chi connectivity index (χ4n) is 2.33. The van der Waals surface area contributed by atoms with E-state index in [1.807, 2.05) is 37.4 Å². The van der Waals surface area contributed by atoms with Gasteiger partial charge in [0.15, 0.2) is 0 Å². The molecule has 0 aliphatic carbocycles. The summed E-state index contributed by atoms with van der Waals surface area (Å²) in [5.74, 6) is 0. The molecule has 0 amide bonds. The van der Waals surface area contributed by atoms with Gasteiger partial charge >= 0.3 is 0 Å². The molecule has 0 aliphatic heterocycles. The van der Waals surface area contributed by atoms with Crippen LogP contribution in [0.15, 0.2) is 48.5 Å². The lowest BCUT2D eigenvalue weighted by molar-refractivity contribution is 0.726. The monoisotopic (exact) mass is 279 g/mol. The molecule has 0 aromatic heterocycles. The Morgan fingerprint density at radius 2 is 1.86 bits per heavy atom. The van der Waals surface area contributed by atoms with Gasteiger partial charge in [-0.3, -0.25) is 0 Å². The lowest BCUT2D eigenvalue weighted by Gasteiger charge is -2.21. The highest BCUT2D eigenvalue weighted by molar-refractivity contribution is 5.60. The topological polar surface area (TPSA) is 39.1 Å². The third kappa shape index (κ3) is 4.08. The van der Waals surface area contributed by atoms with Gasteiger partial charge in [0.1, 0.15) is 6.07 Å². The van der Waals surface area contributed by atoms with Gasteiger partial charge in [0.25, 0.3) is 0 Å². The fourth-order valence-corrected chi connectivity index (χ4v) is 2.33. The fraction of sp³-hybridized carbons (Fsp3) is 0.278. The Labute approximate surface area is 126 Å². The highest BCUT2D eigenvalue weighted by Crippen LogP contribution is 2.22. The Morgan fingerprint density at radius 1 is 1.10 bits per heavy atom. The third-order valence-corrected chi connectivity index (χ3v) is 3.43. The van der Waals surface area contributed by atoms with E-state index in [0.29, 0.717) is 0 Å². The maximum atomic E-state index is 9.39. The minimum Gasteiger partial charge on any atom is -0.369 e. The summed E-state index contributed by atoms with van der Waals surface area (Å²) in [7, 11) is 2.02. The summed E-state index contributed by atoms with van der Waals surface area (Å²) in [5, 5.41) is 12.7. The van der Waals surface area contributed by atoms with Crippen molar-refractivity contribution in [3.8, 4) is 6.07 Å². The van der Waals surface area contributed by atoms with Crippen LogP contribution in [-0.2, 0) is 13.1 Å². The van der Waals surface area contributed by atoms with E-state index >= 15 is 0 Å². The van der Waals surface area contributed by atoms with Crippen LogP contribution >= 0.6 is 0 Å². The SMILES string of the molecule is CCNCc1ccc(N(C)Cc2ccccc2)c(C#N)c1. The Kier molecular flexibility index (Phi) is 5.36. The van der Waals surface area contributed by atoms with Crippen molar-refractivity contribution in [2.45, 2.75) is 20.0 Å². The van der Waals surface area contributed by atoms with Gasteiger partial charge in [-0.05, 0) is 29.8 Å². The largest absolute Gasteiger partial charge is 0.369 e. The van der Waals surface area contributed by atoms with Crippen molar-refractivity contribution in [2.24, 2.45) is 0 Å². The Bertz CT molecular complexity index is 614. The van der Waals surface area contributed by atoms with E-state index in [0.717, 1.165) is 36.4 Å². The molecule has 0 saturated heterocycles. The molecule has 0 saturated carbocycles. The second-order valence-electron chi connectivity index (χ2n) is 5.09. The van der Waals surface area contributed by atoms with E-state index in [2.05, 4.69) is 41.4 Å². The van der Waals surface area contributed by atoms with Crippen molar-refractivity contribution < 1.29 is 0 Å². The van der Waals surface area contributed by atoms with E-state index in [4.69, 9.17) is 0 Å². The van der Waals surface area contributed by atoms with Gasteiger partial charge in [-0.1, -0.05) is 43.3 Å². The van der Waals surface area contributed by atoms with Crippen LogP contribution in [0.25, 0.3) is 0 Å². The lowest BCUT2D eigenvalue weighted by atomic mass is 10.1. The lowest BCUT2D eigenvalue weighted by Crippen LogP contribution is -2.18. The number of nitrogens with one attached hydrogen (secondary N) is 1. The predicted octanol–water partition coefficient (Wildman–Crippen LogP) is 3.30. The molecular weight excluding hydrogens is 258 g/mol. The van der Waals surface area contributed by atoms with Crippen LogP contribution < -0.4 is 10.2 Å². The Hall–Kier alpha value is -2.31. The molecule has 0 spiro atoms. The van der Waals surface area contributed by atoms with Gasteiger partial charge in [-0.15, -0.1) is 0 Å². The number of hydrogen-bond donors (Lipinski definition) is 1. The molecule has 3 heteroatoms. The van der Waals surface area contributed by atoms with Crippen LogP contribution in [0.5, 0.6) is 0 Å². The summed E-state index contributed by atoms with van der Waals surface area (Å²) >= 11 is 0. The van der Waals surface area contributed by atoms with E-state index in [9.17, 15) is 5.26 Å². The van der Waals surface area contributed by atoms with Crippen LogP contribution in [0.1, 0.15) is 23.6 Å². The van der Waals surface area contributed by atoms with E-state index in [1.54, 1.807) is 0 Å². The van der Waals surface area contributed by atoms with Crippen LogP contribution in [0.2, 0.25) is 0 Å². The average Bonchev–Trinajstić information content (AvgIpc) is 2.53. The average molecular weight is 279 g/mol. The predicted molar refractivity (Wildman–Crippen MR) is 87.1 cm³/mol. The minimum atomic E-state index is 0.726. The second kappa shape index (κ2) is 7.47. The Balaban J connectivity index is 2.17.